The highest BCUT2D eigenvalue weighted by molar-refractivity contribution is 9.10. The molecule has 0 spiro atoms. The van der Waals surface area contributed by atoms with E-state index in [0.717, 1.165) is 34.3 Å². The molecule has 0 fully saturated rings. The van der Waals surface area contributed by atoms with Crippen molar-refractivity contribution in [1.82, 2.24) is 9.97 Å². The fourth-order valence-electron chi connectivity index (χ4n) is 1.91. The Labute approximate surface area is 114 Å². The molecule has 2 aromatic heterocycles. The monoisotopic (exact) mass is 309 g/mol. The van der Waals surface area contributed by atoms with Gasteiger partial charge >= 0.3 is 0 Å². The van der Waals surface area contributed by atoms with Crippen molar-refractivity contribution in [3.8, 4) is 0 Å². The summed E-state index contributed by atoms with van der Waals surface area (Å²) in [7, 11) is 0. The fraction of sp³-hybridized carbons (Fsp3) is 0.333. The van der Waals surface area contributed by atoms with Gasteiger partial charge in [0.05, 0.1) is 11.2 Å². The molecule has 4 N–H and O–H groups in total. The molecule has 2 rings (SSSR count). The third kappa shape index (κ3) is 2.77. The zero-order valence-corrected chi connectivity index (χ0v) is 11.6. The van der Waals surface area contributed by atoms with Crippen molar-refractivity contribution in [2.75, 3.05) is 31.1 Å². The summed E-state index contributed by atoms with van der Waals surface area (Å²) in [5, 5.41) is 0. The van der Waals surface area contributed by atoms with Gasteiger partial charge in [0.2, 0.25) is 0 Å². The lowest BCUT2D eigenvalue weighted by atomic mass is 10.2. The largest absolute Gasteiger partial charge is 0.367 e. The van der Waals surface area contributed by atoms with Crippen LogP contribution in [0.25, 0.3) is 11.0 Å². The molecule has 0 bridgehead atoms. The van der Waals surface area contributed by atoms with E-state index in [1.54, 1.807) is 12.4 Å². The van der Waals surface area contributed by atoms with Crippen molar-refractivity contribution in [2.45, 2.75) is 0 Å². The Bertz CT molecular complexity index is 525. The summed E-state index contributed by atoms with van der Waals surface area (Å²) in [4.78, 5) is 10.9. The maximum atomic E-state index is 5.64. The molecule has 0 unspecified atom stereocenters. The Kier molecular flexibility index (Phi) is 4.46. The minimum absolute atomic E-state index is 0.584. The highest BCUT2D eigenvalue weighted by Crippen LogP contribution is 2.24. The van der Waals surface area contributed by atoms with E-state index in [4.69, 9.17) is 11.5 Å². The number of halogens is 1. The van der Waals surface area contributed by atoms with Gasteiger partial charge < -0.3 is 16.4 Å². The SMILES string of the molecule is NCCN(CCN)c1ccnc2cc(Br)cnc12. The lowest BCUT2D eigenvalue weighted by Gasteiger charge is -2.24. The standard InChI is InChI=1S/C12H16BrN5/c13-9-7-10-12(17-8-9)11(1-4-16-10)18(5-2-14)6-3-15/h1,4,7-8H,2-3,5-6,14-15H2. The summed E-state index contributed by atoms with van der Waals surface area (Å²) in [6.45, 7) is 2.68. The Morgan fingerprint density at radius 2 is 1.89 bits per heavy atom. The number of hydrogen-bond acceptors (Lipinski definition) is 5. The zero-order chi connectivity index (χ0) is 13.0. The molecular formula is C12H16BrN5. The Morgan fingerprint density at radius 1 is 1.17 bits per heavy atom. The van der Waals surface area contributed by atoms with Gasteiger partial charge in [-0.05, 0) is 28.1 Å². The summed E-state index contributed by atoms with van der Waals surface area (Å²) in [6.07, 6.45) is 3.56. The summed E-state index contributed by atoms with van der Waals surface area (Å²) in [6, 6.07) is 3.91. The second-order valence-electron chi connectivity index (χ2n) is 3.92. The Hall–Kier alpha value is -1.24. The molecule has 0 saturated carbocycles. The third-order valence-electron chi connectivity index (χ3n) is 2.66. The van der Waals surface area contributed by atoms with Crippen LogP contribution in [0.4, 0.5) is 5.69 Å². The van der Waals surface area contributed by atoms with Crippen LogP contribution in [0.3, 0.4) is 0 Å². The molecule has 0 saturated heterocycles. The van der Waals surface area contributed by atoms with Crippen molar-refractivity contribution < 1.29 is 0 Å². The number of fused-ring (bicyclic) bond motifs is 1. The molecule has 0 atom stereocenters. The van der Waals surface area contributed by atoms with Gasteiger partial charge in [0.25, 0.3) is 0 Å². The van der Waals surface area contributed by atoms with Crippen molar-refractivity contribution in [1.29, 1.82) is 0 Å². The van der Waals surface area contributed by atoms with Crippen molar-refractivity contribution in [3.63, 3.8) is 0 Å². The third-order valence-corrected chi connectivity index (χ3v) is 3.10. The van der Waals surface area contributed by atoms with Crippen molar-refractivity contribution in [3.05, 3.63) is 29.0 Å². The van der Waals surface area contributed by atoms with Crippen LogP contribution < -0.4 is 16.4 Å². The normalized spacial score (nSPS) is 10.8. The minimum atomic E-state index is 0.584. The van der Waals surface area contributed by atoms with Crippen molar-refractivity contribution >= 4 is 32.7 Å². The number of pyridine rings is 2. The zero-order valence-electron chi connectivity index (χ0n) is 10.0. The van der Waals surface area contributed by atoms with Crippen LogP contribution in [-0.4, -0.2) is 36.1 Å². The van der Waals surface area contributed by atoms with Crippen LogP contribution in [0, 0.1) is 0 Å². The lowest BCUT2D eigenvalue weighted by molar-refractivity contribution is 0.784. The van der Waals surface area contributed by atoms with Gasteiger partial charge in [0.15, 0.2) is 0 Å². The average molecular weight is 310 g/mol. The van der Waals surface area contributed by atoms with Crippen LogP contribution in [0.1, 0.15) is 0 Å². The number of hydrogen-bond donors (Lipinski definition) is 2. The minimum Gasteiger partial charge on any atom is -0.367 e. The van der Waals surface area contributed by atoms with Gasteiger partial charge in [-0.1, -0.05) is 0 Å². The van der Waals surface area contributed by atoms with Gasteiger partial charge in [0, 0.05) is 43.0 Å². The molecule has 2 heterocycles. The van der Waals surface area contributed by atoms with E-state index in [9.17, 15) is 0 Å². The molecule has 6 heteroatoms. The molecule has 0 aromatic carbocycles. The van der Waals surface area contributed by atoms with E-state index in [-0.39, 0.29) is 0 Å². The van der Waals surface area contributed by atoms with Gasteiger partial charge in [0.1, 0.15) is 5.52 Å². The maximum absolute atomic E-state index is 5.64. The molecule has 0 aliphatic rings. The molecular weight excluding hydrogens is 294 g/mol. The summed E-state index contributed by atoms with van der Waals surface area (Å²) in [5.41, 5.74) is 14.0. The van der Waals surface area contributed by atoms with E-state index in [2.05, 4.69) is 30.8 Å². The summed E-state index contributed by atoms with van der Waals surface area (Å²) >= 11 is 3.40. The predicted octanol–water partition coefficient (Wildman–Crippen LogP) is 1.12. The highest BCUT2D eigenvalue weighted by atomic mass is 79.9. The molecule has 0 amide bonds. The van der Waals surface area contributed by atoms with E-state index >= 15 is 0 Å². The van der Waals surface area contributed by atoms with Gasteiger partial charge in [-0.2, -0.15) is 0 Å². The van der Waals surface area contributed by atoms with Crippen LogP contribution in [0.5, 0.6) is 0 Å². The fourth-order valence-corrected chi connectivity index (χ4v) is 2.23. The van der Waals surface area contributed by atoms with Crippen LogP contribution >= 0.6 is 15.9 Å². The van der Waals surface area contributed by atoms with E-state index in [1.807, 2.05) is 12.1 Å². The number of rotatable bonds is 5. The molecule has 0 aliphatic heterocycles. The molecule has 0 aliphatic carbocycles. The predicted molar refractivity (Wildman–Crippen MR) is 77.6 cm³/mol. The quantitative estimate of drug-likeness (QED) is 0.865. The van der Waals surface area contributed by atoms with Crippen LogP contribution in [0.2, 0.25) is 0 Å². The van der Waals surface area contributed by atoms with Crippen LogP contribution in [-0.2, 0) is 0 Å². The molecule has 96 valence electrons. The van der Waals surface area contributed by atoms with Gasteiger partial charge in [-0.25, -0.2) is 0 Å². The maximum Gasteiger partial charge on any atom is 0.112 e. The number of nitrogens with zero attached hydrogens (tertiary/aromatic N) is 3. The number of aromatic nitrogens is 2. The van der Waals surface area contributed by atoms with Crippen LogP contribution in [0.15, 0.2) is 29.0 Å². The van der Waals surface area contributed by atoms with Gasteiger partial charge in [-0.3, -0.25) is 9.97 Å². The Morgan fingerprint density at radius 3 is 2.56 bits per heavy atom. The number of nitrogens with two attached hydrogens (primary N) is 2. The Balaban J connectivity index is 2.48. The first-order valence-corrected chi connectivity index (χ1v) is 6.61. The highest BCUT2D eigenvalue weighted by Gasteiger charge is 2.10. The first kappa shape index (κ1) is 13.2. The smallest absolute Gasteiger partial charge is 0.112 e. The topological polar surface area (TPSA) is 81.1 Å². The van der Waals surface area contributed by atoms with Crippen molar-refractivity contribution in [2.24, 2.45) is 11.5 Å². The molecule has 2 aromatic rings. The van der Waals surface area contributed by atoms with Gasteiger partial charge in [-0.15, -0.1) is 0 Å². The molecule has 0 radical (unpaired) electrons. The summed E-state index contributed by atoms with van der Waals surface area (Å²) in [5.74, 6) is 0. The lowest BCUT2D eigenvalue weighted by Crippen LogP contribution is -2.34. The van der Waals surface area contributed by atoms with E-state index in [0.29, 0.717) is 13.1 Å². The van der Waals surface area contributed by atoms with E-state index in [1.165, 1.54) is 0 Å². The average Bonchev–Trinajstić information content (AvgIpc) is 2.37. The first-order chi connectivity index (χ1) is 8.76. The molecule has 18 heavy (non-hydrogen) atoms. The number of anilines is 1. The second-order valence-corrected chi connectivity index (χ2v) is 4.83. The molecule has 5 nitrogen and oxygen atoms in total. The van der Waals surface area contributed by atoms with E-state index < -0.39 is 0 Å². The summed E-state index contributed by atoms with van der Waals surface area (Å²) < 4.78 is 0.920. The first-order valence-electron chi connectivity index (χ1n) is 5.81. The second kappa shape index (κ2) is 6.08.